The average molecular weight is 244 g/mol. The maximum Gasteiger partial charge on any atom is 0.254 e. The molecule has 1 amide bonds. The molecule has 1 aromatic rings. The van der Waals surface area contributed by atoms with Crippen molar-refractivity contribution < 1.29 is 4.79 Å². The van der Waals surface area contributed by atoms with Gasteiger partial charge in [0.15, 0.2) is 0 Å². The molecule has 0 bridgehead atoms. The van der Waals surface area contributed by atoms with E-state index in [2.05, 4.69) is 6.07 Å². The van der Waals surface area contributed by atoms with Crippen molar-refractivity contribution >= 4 is 5.91 Å². The van der Waals surface area contributed by atoms with Crippen LogP contribution >= 0.6 is 0 Å². The minimum Gasteiger partial charge on any atom is -0.338 e. The van der Waals surface area contributed by atoms with Crippen LogP contribution in [0.1, 0.15) is 36.7 Å². The summed E-state index contributed by atoms with van der Waals surface area (Å²) in [7, 11) is 0. The molecular formula is C15H20N2O. The molecule has 0 aromatic heterocycles. The first-order chi connectivity index (χ1) is 8.63. The molecule has 0 aliphatic rings. The van der Waals surface area contributed by atoms with Crippen LogP contribution in [0.5, 0.6) is 0 Å². The monoisotopic (exact) mass is 244 g/mol. The Hall–Kier alpha value is -1.82. The number of hydrogen-bond donors (Lipinski definition) is 0. The molecule has 0 aliphatic heterocycles. The van der Waals surface area contributed by atoms with Gasteiger partial charge in [-0.15, -0.1) is 0 Å². The van der Waals surface area contributed by atoms with Crippen molar-refractivity contribution in [3.8, 4) is 6.07 Å². The first-order valence-electron chi connectivity index (χ1n) is 6.40. The predicted molar refractivity (Wildman–Crippen MR) is 72.2 cm³/mol. The zero-order valence-electron chi connectivity index (χ0n) is 11.3. The fourth-order valence-corrected chi connectivity index (χ4v) is 1.93. The Morgan fingerprint density at radius 1 is 1.39 bits per heavy atom. The molecule has 0 saturated heterocycles. The second-order valence-electron chi connectivity index (χ2n) is 4.38. The van der Waals surface area contributed by atoms with Gasteiger partial charge in [-0.1, -0.05) is 25.1 Å². The van der Waals surface area contributed by atoms with Crippen molar-refractivity contribution in [1.82, 2.24) is 4.90 Å². The number of rotatable bonds is 5. The van der Waals surface area contributed by atoms with Gasteiger partial charge >= 0.3 is 0 Å². The van der Waals surface area contributed by atoms with Gasteiger partial charge in [-0.2, -0.15) is 5.26 Å². The molecule has 1 aromatic carbocycles. The van der Waals surface area contributed by atoms with Gasteiger partial charge in [-0.25, -0.2) is 0 Å². The van der Waals surface area contributed by atoms with E-state index in [1.807, 2.05) is 45.0 Å². The third-order valence-corrected chi connectivity index (χ3v) is 3.01. The normalized spacial score (nSPS) is 11.7. The average Bonchev–Trinajstić information content (AvgIpc) is 2.43. The highest BCUT2D eigenvalue weighted by Gasteiger charge is 2.18. The number of carbonyl (C=O) groups is 1. The van der Waals surface area contributed by atoms with Gasteiger partial charge in [0.1, 0.15) is 0 Å². The summed E-state index contributed by atoms with van der Waals surface area (Å²) >= 11 is 0. The first kappa shape index (κ1) is 14.2. The summed E-state index contributed by atoms with van der Waals surface area (Å²) in [5.41, 5.74) is 1.82. The molecule has 0 aliphatic carbocycles. The fraction of sp³-hybridized carbons (Fsp3) is 0.467. The number of nitriles is 1. The lowest BCUT2D eigenvalue weighted by molar-refractivity contribution is 0.0751. The quantitative estimate of drug-likeness (QED) is 0.799. The van der Waals surface area contributed by atoms with Gasteiger partial charge in [-0.05, 0) is 31.9 Å². The predicted octanol–water partition coefficient (Wildman–Crippen LogP) is 2.87. The van der Waals surface area contributed by atoms with Crippen LogP contribution in [0.25, 0.3) is 0 Å². The number of carbonyl (C=O) groups excluding carboxylic acids is 1. The summed E-state index contributed by atoms with van der Waals surface area (Å²) in [5, 5.41) is 8.84. The van der Waals surface area contributed by atoms with Gasteiger partial charge < -0.3 is 4.90 Å². The van der Waals surface area contributed by atoms with Crippen molar-refractivity contribution in [2.75, 3.05) is 13.1 Å². The summed E-state index contributed by atoms with van der Waals surface area (Å²) in [6.07, 6.45) is 0.841. The number of amides is 1. The standard InChI is InChI=1S/C15H20N2O/c1-4-13-8-6-7-9-14(13)15(18)17(5-2)11-12(3)10-16/h6-9,12H,4-5,11H2,1-3H3. The van der Waals surface area contributed by atoms with Crippen molar-refractivity contribution in [2.24, 2.45) is 5.92 Å². The van der Waals surface area contributed by atoms with Gasteiger partial charge in [0, 0.05) is 18.7 Å². The minimum absolute atomic E-state index is 0.0250. The zero-order valence-corrected chi connectivity index (χ0v) is 11.3. The van der Waals surface area contributed by atoms with E-state index in [1.54, 1.807) is 4.90 Å². The van der Waals surface area contributed by atoms with Crippen molar-refractivity contribution in [2.45, 2.75) is 27.2 Å². The lowest BCUT2D eigenvalue weighted by Gasteiger charge is -2.23. The number of aryl methyl sites for hydroxylation is 1. The van der Waals surface area contributed by atoms with Crippen LogP contribution in [0.4, 0.5) is 0 Å². The van der Waals surface area contributed by atoms with E-state index >= 15 is 0 Å². The van der Waals surface area contributed by atoms with Crippen molar-refractivity contribution in [1.29, 1.82) is 5.26 Å². The van der Waals surface area contributed by atoms with E-state index in [-0.39, 0.29) is 11.8 Å². The highest BCUT2D eigenvalue weighted by Crippen LogP contribution is 2.13. The summed E-state index contributed by atoms with van der Waals surface area (Å²) in [6.45, 7) is 6.94. The van der Waals surface area contributed by atoms with Crippen LogP contribution in [0.15, 0.2) is 24.3 Å². The maximum atomic E-state index is 12.4. The number of hydrogen-bond acceptors (Lipinski definition) is 2. The van der Waals surface area contributed by atoms with Crippen LogP contribution in [0.3, 0.4) is 0 Å². The minimum atomic E-state index is -0.136. The Labute approximate surface area is 109 Å². The van der Waals surface area contributed by atoms with E-state index in [1.165, 1.54) is 0 Å². The highest BCUT2D eigenvalue weighted by molar-refractivity contribution is 5.95. The molecule has 0 heterocycles. The molecule has 0 saturated carbocycles. The lowest BCUT2D eigenvalue weighted by atomic mass is 10.0. The molecule has 96 valence electrons. The molecule has 1 atom stereocenters. The molecule has 0 N–H and O–H groups in total. The Balaban J connectivity index is 2.93. The van der Waals surface area contributed by atoms with Gasteiger partial charge in [0.05, 0.1) is 12.0 Å². The summed E-state index contributed by atoms with van der Waals surface area (Å²) in [4.78, 5) is 14.2. The molecule has 0 fully saturated rings. The Bertz CT molecular complexity index is 448. The molecule has 0 radical (unpaired) electrons. The van der Waals surface area contributed by atoms with E-state index < -0.39 is 0 Å². The van der Waals surface area contributed by atoms with Gasteiger partial charge in [0.25, 0.3) is 5.91 Å². The Kier molecular flexibility index (Phi) is 5.38. The molecule has 1 unspecified atom stereocenters. The molecule has 0 spiro atoms. The topological polar surface area (TPSA) is 44.1 Å². The Morgan fingerprint density at radius 3 is 2.61 bits per heavy atom. The number of nitrogens with zero attached hydrogens (tertiary/aromatic N) is 2. The molecular weight excluding hydrogens is 224 g/mol. The number of benzene rings is 1. The third kappa shape index (κ3) is 3.33. The molecule has 18 heavy (non-hydrogen) atoms. The smallest absolute Gasteiger partial charge is 0.254 e. The van der Waals surface area contributed by atoms with E-state index in [4.69, 9.17) is 5.26 Å². The second-order valence-corrected chi connectivity index (χ2v) is 4.38. The van der Waals surface area contributed by atoms with Crippen molar-refractivity contribution in [3.05, 3.63) is 35.4 Å². The van der Waals surface area contributed by atoms with Crippen LogP contribution < -0.4 is 0 Å². The lowest BCUT2D eigenvalue weighted by Crippen LogP contribution is -2.34. The van der Waals surface area contributed by atoms with Crippen LogP contribution in [-0.2, 0) is 6.42 Å². The summed E-state index contributed by atoms with van der Waals surface area (Å²) in [5.74, 6) is -0.111. The highest BCUT2D eigenvalue weighted by atomic mass is 16.2. The summed E-state index contributed by atoms with van der Waals surface area (Å²) < 4.78 is 0. The van der Waals surface area contributed by atoms with Crippen LogP contribution in [-0.4, -0.2) is 23.9 Å². The van der Waals surface area contributed by atoms with Crippen LogP contribution in [0, 0.1) is 17.2 Å². The van der Waals surface area contributed by atoms with Gasteiger partial charge in [-0.3, -0.25) is 4.79 Å². The largest absolute Gasteiger partial charge is 0.338 e. The summed E-state index contributed by atoms with van der Waals surface area (Å²) in [6, 6.07) is 9.84. The maximum absolute atomic E-state index is 12.4. The molecule has 3 nitrogen and oxygen atoms in total. The van der Waals surface area contributed by atoms with Crippen LogP contribution in [0.2, 0.25) is 0 Å². The fourth-order valence-electron chi connectivity index (χ4n) is 1.93. The molecule has 1 rings (SSSR count). The van der Waals surface area contributed by atoms with Gasteiger partial charge in [0.2, 0.25) is 0 Å². The van der Waals surface area contributed by atoms with Crippen molar-refractivity contribution in [3.63, 3.8) is 0 Å². The third-order valence-electron chi connectivity index (χ3n) is 3.01. The Morgan fingerprint density at radius 2 is 2.06 bits per heavy atom. The van der Waals surface area contributed by atoms with E-state index in [0.717, 1.165) is 17.5 Å². The zero-order chi connectivity index (χ0) is 13.5. The van der Waals surface area contributed by atoms with E-state index in [0.29, 0.717) is 13.1 Å². The van der Waals surface area contributed by atoms with E-state index in [9.17, 15) is 4.79 Å². The SMILES string of the molecule is CCc1ccccc1C(=O)N(CC)CC(C)C#N. The second kappa shape index (κ2) is 6.80. The first-order valence-corrected chi connectivity index (χ1v) is 6.40. The molecule has 3 heteroatoms.